The van der Waals surface area contributed by atoms with Crippen LogP contribution in [0, 0.1) is 5.82 Å². The lowest BCUT2D eigenvalue weighted by Gasteiger charge is -2.21. The molecule has 3 rings (SSSR count). The molecule has 1 N–H and O–H groups in total. The Hall–Kier alpha value is -1.90. The van der Waals surface area contributed by atoms with Crippen LogP contribution >= 0.6 is 0 Å². The molecular weight excluding hydrogens is 205 g/mol. The highest BCUT2D eigenvalue weighted by molar-refractivity contribution is 5.73. The van der Waals surface area contributed by atoms with E-state index in [1.165, 1.54) is 6.20 Å². The van der Waals surface area contributed by atoms with Gasteiger partial charge in [0.1, 0.15) is 11.6 Å². The van der Waals surface area contributed by atoms with Gasteiger partial charge in [-0.1, -0.05) is 12.1 Å². The zero-order chi connectivity index (χ0) is 11.1. The van der Waals surface area contributed by atoms with Crippen molar-refractivity contribution in [3.05, 3.63) is 47.5 Å². The number of nitrogens with zero attached hydrogens (tertiary/aromatic N) is 1. The van der Waals surface area contributed by atoms with E-state index in [1.54, 1.807) is 12.1 Å². The molecule has 0 amide bonds. The average Bonchev–Trinajstić information content (AvgIpc) is 2.22. The molecule has 1 aliphatic rings. The van der Waals surface area contributed by atoms with Crippen LogP contribution < -0.4 is 0 Å². The van der Waals surface area contributed by atoms with Crippen molar-refractivity contribution in [3.8, 4) is 16.9 Å². The van der Waals surface area contributed by atoms with Gasteiger partial charge in [-0.05, 0) is 30.0 Å². The van der Waals surface area contributed by atoms with E-state index >= 15 is 0 Å². The van der Waals surface area contributed by atoms with Crippen molar-refractivity contribution in [1.29, 1.82) is 0 Å². The maximum absolute atomic E-state index is 13.5. The van der Waals surface area contributed by atoms with E-state index in [-0.39, 0.29) is 5.75 Å². The lowest BCUT2D eigenvalue weighted by Crippen LogP contribution is -2.08. The molecule has 0 radical (unpaired) electrons. The summed E-state index contributed by atoms with van der Waals surface area (Å²) < 4.78 is 13.5. The second-order valence-corrected chi connectivity index (χ2v) is 3.95. The highest BCUT2D eigenvalue weighted by atomic mass is 19.1. The minimum atomic E-state index is -0.405. The molecule has 3 heteroatoms. The zero-order valence-corrected chi connectivity index (χ0v) is 8.57. The van der Waals surface area contributed by atoms with Crippen molar-refractivity contribution >= 4 is 0 Å². The van der Waals surface area contributed by atoms with E-state index in [9.17, 15) is 9.50 Å². The van der Waals surface area contributed by atoms with Gasteiger partial charge in [0.15, 0.2) is 0 Å². The molecule has 0 unspecified atom stereocenters. The summed E-state index contributed by atoms with van der Waals surface area (Å²) >= 11 is 0. The van der Waals surface area contributed by atoms with Gasteiger partial charge in [-0.3, -0.25) is 4.98 Å². The predicted octanol–water partition coefficient (Wildman–Crippen LogP) is 2.69. The summed E-state index contributed by atoms with van der Waals surface area (Å²) in [6, 6.07) is 5.30. The molecule has 80 valence electrons. The van der Waals surface area contributed by atoms with Crippen LogP contribution in [-0.4, -0.2) is 10.1 Å². The number of phenols is 1. The number of benzene rings is 1. The standard InChI is InChI=1S/C13H10FNO/c14-12-7-15-6-5-10(12)11-4-2-8-1-3-9(8)13(11)16/h2,4-7,16H,1,3H2. The molecular formula is C13H10FNO. The van der Waals surface area contributed by atoms with Gasteiger partial charge in [0, 0.05) is 17.3 Å². The molecule has 0 saturated heterocycles. The Morgan fingerprint density at radius 1 is 1.12 bits per heavy atom. The van der Waals surface area contributed by atoms with Crippen LogP contribution in [0.2, 0.25) is 0 Å². The van der Waals surface area contributed by atoms with Crippen LogP contribution in [0.4, 0.5) is 4.39 Å². The molecule has 2 nitrogen and oxygen atoms in total. The number of fused-ring (bicyclic) bond motifs is 1. The molecule has 0 saturated carbocycles. The largest absolute Gasteiger partial charge is 0.507 e. The average molecular weight is 215 g/mol. The maximum Gasteiger partial charge on any atom is 0.149 e. The van der Waals surface area contributed by atoms with Crippen LogP contribution in [0.1, 0.15) is 11.1 Å². The van der Waals surface area contributed by atoms with Crippen LogP contribution in [0.15, 0.2) is 30.6 Å². The summed E-state index contributed by atoms with van der Waals surface area (Å²) in [6.45, 7) is 0. The fraction of sp³-hybridized carbons (Fsp3) is 0.154. The number of hydrogen-bond acceptors (Lipinski definition) is 2. The topological polar surface area (TPSA) is 33.1 Å². The van der Waals surface area contributed by atoms with Gasteiger partial charge < -0.3 is 5.11 Å². The molecule has 1 aromatic carbocycles. The number of rotatable bonds is 1. The molecule has 1 aromatic heterocycles. The van der Waals surface area contributed by atoms with Crippen molar-refractivity contribution in [2.45, 2.75) is 12.8 Å². The number of aromatic hydroxyl groups is 1. The van der Waals surface area contributed by atoms with Crippen LogP contribution in [-0.2, 0) is 12.8 Å². The highest BCUT2D eigenvalue weighted by Crippen LogP contribution is 2.39. The number of aromatic nitrogens is 1. The number of halogens is 1. The first-order chi connectivity index (χ1) is 7.77. The molecule has 0 bridgehead atoms. The highest BCUT2D eigenvalue weighted by Gasteiger charge is 2.21. The molecule has 0 fully saturated rings. The summed E-state index contributed by atoms with van der Waals surface area (Å²) in [7, 11) is 0. The summed E-state index contributed by atoms with van der Waals surface area (Å²) in [5.74, 6) is -0.189. The third-order valence-corrected chi connectivity index (χ3v) is 3.09. The van der Waals surface area contributed by atoms with Gasteiger partial charge in [-0.2, -0.15) is 0 Å². The minimum absolute atomic E-state index is 0.217. The second-order valence-electron chi connectivity index (χ2n) is 3.95. The van der Waals surface area contributed by atoms with Crippen LogP contribution in [0.3, 0.4) is 0 Å². The molecule has 1 heterocycles. The Morgan fingerprint density at radius 3 is 2.69 bits per heavy atom. The van der Waals surface area contributed by atoms with Gasteiger partial charge >= 0.3 is 0 Å². The van der Waals surface area contributed by atoms with E-state index in [0.29, 0.717) is 11.1 Å². The first kappa shape index (κ1) is 9.33. The third-order valence-electron chi connectivity index (χ3n) is 3.09. The van der Waals surface area contributed by atoms with Crippen molar-refractivity contribution in [2.75, 3.05) is 0 Å². The van der Waals surface area contributed by atoms with Crippen molar-refractivity contribution in [1.82, 2.24) is 4.98 Å². The molecule has 1 aliphatic carbocycles. The third kappa shape index (κ3) is 1.21. The smallest absolute Gasteiger partial charge is 0.149 e. The summed E-state index contributed by atoms with van der Waals surface area (Å²) in [4.78, 5) is 3.70. The minimum Gasteiger partial charge on any atom is -0.507 e. The molecule has 0 spiro atoms. The fourth-order valence-corrected chi connectivity index (χ4v) is 2.09. The Kier molecular flexibility index (Phi) is 1.93. The molecule has 0 atom stereocenters. The van der Waals surface area contributed by atoms with E-state index < -0.39 is 5.82 Å². The number of hydrogen-bond donors (Lipinski definition) is 1. The van der Waals surface area contributed by atoms with E-state index in [1.807, 2.05) is 6.07 Å². The molecule has 16 heavy (non-hydrogen) atoms. The van der Waals surface area contributed by atoms with E-state index in [2.05, 4.69) is 4.98 Å². The lowest BCUT2D eigenvalue weighted by atomic mass is 9.85. The number of aryl methyl sites for hydroxylation is 1. The van der Waals surface area contributed by atoms with Gasteiger partial charge in [-0.25, -0.2) is 4.39 Å². The fourth-order valence-electron chi connectivity index (χ4n) is 2.09. The number of pyridine rings is 1. The van der Waals surface area contributed by atoms with Gasteiger partial charge in [0.25, 0.3) is 0 Å². The van der Waals surface area contributed by atoms with E-state index in [4.69, 9.17) is 0 Å². The van der Waals surface area contributed by atoms with Crippen LogP contribution in [0.25, 0.3) is 11.1 Å². The lowest BCUT2D eigenvalue weighted by molar-refractivity contribution is 0.463. The summed E-state index contributed by atoms with van der Waals surface area (Å²) in [6.07, 6.45) is 4.56. The Morgan fingerprint density at radius 2 is 2.00 bits per heavy atom. The van der Waals surface area contributed by atoms with Crippen molar-refractivity contribution in [3.63, 3.8) is 0 Å². The molecule has 2 aromatic rings. The summed E-state index contributed by atoms with van der Waals surface area (Å²) in [5, 5.41) is 10.0. The van der Waals surface area contributed by atoms with Gasteiger partial charge in [0.2, 0.25) is 0 Å². The van der Waals surface area contributed by atoms with Crippen molar-refractivity contribution in [2.24, 2.45) is 0 Å². The zero-order valence-electron chi connectivity index (χ0n) is 8.57. The van der Waals surface area contributed by atoms with Gasteiger partial charge in [0.05, 0.1) is 6.20 Å². The first-order valence-corrected chi connectivity index (χ1v) is 5.21. The van der Waals surface area contributed by atoms with Crippen LogP contribution in [0.5, 0.6) is 5.75 Å². The summed E-state index contributed by atoms with van der Waals surface area (Å²) in [5.41, 5.74) is 3.07. The first-order valence-electron chi connectivity index (χ1n) is 5.21. The molecule has 0 aliphatic heterocycles. The SMILES string of the molecule is Oc1c(-c2ccncc2F)ccc2c1CC2. The number of phenolic OH excluding ortho intramolecular Hbond substituents is 1. The van der Waals surface area contributed by atoms with Gasteiger partial charge in [-0.15, -0.1) is 0 Å². The predicted molar refractivity (Wildman–Crippen MR) is 58.7 cm³/mol. The Bertz CT molecular complexity index is 566. The van der Waals surface area contributed by atoms with Crippen molar-refractivity contribution < 1.29 is 9.50 Å². The monoisotopic (exact) mass is 215 g/mol. The van der Waals surface area contributed by atoms with E-state index in [0.717, 1.165) is 30.2 Å². The quantitative estimate of drug-likeness (QED) is 0.793. The second kappa shape index (κ2) is 3.30. The Labute approximate surface area is 92.4 Å². The normalized spacial score (nSPS) is 13.1. The Balaban J connectivity index is 2.21. The maximum atomic E-state index is 13.5.